The average Bonchev–Trinajstić information content (AvgIpc) is 2.22. The van der Waals surface area contributed by atoms with Crippen LogP contribution in [-0.2, 0) is 38.5 Å². The molecule has 0 atom stereocenters. The van der Waals surface area contributed by atoms with Crippen molar-refractivity contribution in [3.05, 3.63) is 0 Å². The Hall–Kier alpha value is 1.38. The van der Waals surface area contributed by atoms with Crippen molar-refractivity contribution in [2.45, 2.75) is 39.5 Å². The summed E-state index contributed by atoms with van der Waals surface area (Å²) in [6.07, 6.45) is 4.02. The molecule has 0 aromatic rings. The van der Waals surface area contributed by atoms with Crippen LogP contribution in [0.3, 0.4) is 0 Å². The van der Waals surface area contributed by atoms with E-state index in [0.717, 1.165) is 25.7 Å². The van der Waals surface area contributed by atoms with E-state index in [1.165, 1.54) is 0 Å². The van der Waals surface area contributed by atoms with Crippen LogP contribution in [0, 0.1) is 0 Å². The van der Waals surface area contributed by atoms with Crippen LogP contribution < -0.4 is 0 Å². The van der Waals surface area contributed by atoms with Crippen LogP contribution in [0.1, 0.15) is 39.5 Å². The topological polar surface area (TPSA) is 35.5 Å². The third kappa shape index (κ3) is 15.8. The van der Waals surface area contributed by atoms with Crippen molar-refractivity contribution in [2.75, 3.05) is 13.2 Å². The van der Waals surface area contributed by atoms with Crippen LogP contribution in [0.15, 0.2) is 0 Å². The molecule has 0 amide bonds. The Kier molecular flexibility index (Phi) is 21.3. The summed E-state index contributed by atoms with van der Waals surface area (Å²) in [5.74, 6) is 0. The van der Waals surface area contributed by atoms with Gasteiger partial charge in [-0.05, 0) is 12.8 Å². The number of hydrogen-bond donors (Lipinski definition) is 0. The molecule has 0 bridgehead atoms. The van der Waals surface area contributed by atoms with Gasteiger partial charge in [0.25, 0.3) is 0 Å². The second-order valence-corrected chi connectivity index (χ2v) is 3.73. The fourth-order valence-corrected chi connectivity index (χ4v) is 1.35. The van der Waals surface area contributed by atoms with Crippen molar-refractivity contribution >= 4 is 16.5 Å². The SMILES string of the molecule is CCCCO[PH](=O)OCCCC.[Cl][Hg]. The molecule has 83 valence electrons. The van der Waals surface area contributed by atoms with E-state index in [0.29, 0.717) is 38.1 Å². The minimum atomic E-state index is -2.18. The molecule has 0 saturated carbocycles. The van der Waals surface area contributed by atoms with Crippen LogP contribution in [-0.4, -0.2) is 13.2 Å². The number of halogens is 1. The number of rotatable bonds is 8. The minimum absolute atomic E-state index is 0.500. The maximum atomic E-state index is 10.9. The summed E-state index contributed by atoms with van der Waals surface area (Å²) in [6, 6.07) is 0. The Morgan fingerprint density at radius 2 is 1.43 bits per heavy atom. The van der Waals surface area contributed by atoms with Crippen molar-refractivity contribution in [2.24, 2.45) is 0 Å². The van der Waals surface area contributed by atoms with Gasteiger partial charge in [0.05, 0.1) is 13.2 Å². The van der Waals surface area contributed by atoms with Crippen LogP contribution in [0.5, 0.6) is 0 Å². The van der Waals surface area contributed by atoms with Gasteiger partial charge in [-0.25, -0.2) is 0 Å². The van der Waals surface area contributed by atoms with Gasteiger partial charge in [0.1, 0.15) is 0 Å². The van der Waals surface area contributed by atoms with Crippen LogP contribution in [0.4, 0.5) is 0 Å². The molecule has 0 heterocycles. The van der Waals surface area contributed by atoms with Gasteiger partial charge in [0.2, 0.25) is 0 Å². The Labute approximate surface area is 107 Å². The summed E-state index contributed by atoms with van der Waals surface area (Å²) in [5, 5.41) is 0. The zero-order valence-electron chi connectivity index (χ0n) is 9.05. The van der Waals surface area contributed by atoms with E-state index in [-0.39, 0.29) is 0 Å². The summed E-state index contributed by atoms with van der Waals surface area (Å²) in [7, 11) is 2.65. The zero-order chi connectivity index (χ0) is 11.2. The Morgan fingerprint density at radius 1 is 1.07 bits per heavy atom. The average molecular weight is 430 g/mol. The van der Waals surface area contributed by atoms with Crippen molar-refractivity contribution in [1.29, 1.82) is 0 Å². The zero-order valence-corrected chi connectivity index (χ0v) is 16.3. The van der Waals surface area contributed by atoms with Crippen molar-refractivity contribution in [3.8, 4) is 0 Å². The predicted octanol–water partition coefficient (Wildman–Crippen LogP) is 3.70. The van der Waals surface area contributed by atoms with Gasteiger partial charge < -0.3 is 9.05 Å². The van der Waals surface area contributed by atoms with E-state index >= 15 is 0 Å². The maximum absolute atomic E-state index is 10.9. The van der Waals surface area contributed by atoms with E-state index < -0.39 is 8.25 Å². The van der Waals surface area contributed by atoms with Crippen LogP contribution in [0.2, 0.25) is 0 Å². The molecule has 0 unspecified atom stereocenters. The van der Waals surface area contributed by atoms with E-state index in [2.05, 4.69) is 13.8 Å². The number of unbranched alkanes of at least 4 members (excludes halogenated alkanes) is 2. The third-order valence-corrected chi connectivity index (χ3v) is 2.32. The molecule has 0 N–H and O–H groups in total. The molecule has 3 nitrogen and oxygen atoms in total. The van der Waals surface area contributed by atoms with Crippen LogP contribution in [0.25, 0.3) is 0 Å². The summed E-state index contributed by atoms with van der Waals surface area (Å²) < 4.78 is 20.8. The van der Waals surface area contributed by atoms with E-state index in [1.54, 1.807) is 0 Å². The molecule has 0 rings (SSSR count). The quantitative estimate of drug-likeness (QED) is 0.335. The first kappa shape index (κ1) is 17.8. The van der Waals surface area contributed by atoms with Crippen molar-refractivity contribution in [3.63, 3.8) is 0 Å². The van der Waals surface area contributed by atoms with Gasteiger partial charge in [0.15, 0.2) is 0 Å². The van der Waals surface area contributed by atoms with E-state index in [9.17, 15) is 4.57 Å². The first-order valence-corrected chi connectivity index (χ1v) is 12.9. The van der Waals surface area contributed by atoms with Gasteiger partial charge in [0, 0.05) is 0 Å². The first-order chi connectivity index (χ1) is 6.81. The Bertz CT molecular complexity index is 115. The molecular weight excluding hydrogens is 411 g/mol. The van der Waals surface area contributed by atoms with Crippen molar-refractivity contribution in [1.82, 2.24) is 0 Å². The molecule has 14 heavy (non-hydrogen) atoms. The molecule has 0 spiro atoms. The molecule has 0 saturated heterocycles. The normalized spacial score (nSPS) is 9.86. The first-order valence-electron chi connectivity index (χ1n) is 4.87. The second kappa shape index (κ2) is 16.8. The van der Waals surface area contributed by atoms with Gasteiger partial charge in [-0.3, -0.25) is 4.57 Å². The monoisotopic (exact) mass is 431 g/mol. The summed E-state index contributed by atoms with van der Waals surface area (Å²) in [4.78, 5) is 0. The van der Waals surface area contributed by atoms with E-state index in [1.807, 2.05) is 0 Å². The molecular formula is C8H19ClHgO3P. The van der Waals surface area contributed by atoms with Crippen molar-refractivity contribution < 1.29 is 38.5 Å². The molecule has 0 aromatic carbocycles. The summed E-state index contributed by atoms with van der Waals surface area (Å²) in [6.45, 7) is 5.25. The molecule has 0 aromatic heterocycles. The third-order valence-electron chi connectivity index (χ3n) is 1.44. The van der Waals surface area contributed by atoms with E-state index in [4.69, 9.17) is 17.3 Å². The van der Waals surface area contributed by atoms with Gasteiger partial charge in [-0.2, -0.15) is 0 Å². The molecule has 6 heteroatoms. The van der Waals surface area contributed by atoms with Gasteiger partial charge in [-0.1, -0.05) is 26.7 Å². The number of hydrogen-bond acceptors (Lipinski definition) is 3. The molecule has 0 aliphatic carbocycles. The van der Waals surface area contributed by atoms with Gasteiger partial charge >= 0.3 is 41.4 Å². The Balaban J connectivity index is 0. The molecule has 0 aliphatic heterocycles. The fourth-order valence-electron chi connectivity index (χ4n) is 0.641. The molecule has 0 radical (unpaired) electrons. The second-order valence-electron chi connectivity index (χ2n) is 2.65. The predicted molar refractivity (Wildman–Crippen MR) is 56.6 cm³/mol. The summed E-state index contributed by atoms with van der Waals surface area (Å²) in [5.41, 5.74) is 0. The van der Waals surface area contributed by atoms with Gasteiger partial charge in [-0.15, -0.1) is 0 Å². The standard InChI is InChI=1S/C8H19O3P.ClH.Hg/c1-3-5-7-10-12(9)11-8-6-4-2;;/h12H,3-8H2,1-2H3;1H;/q;;+1/p-1. The molecule has 0 aliphatic rings. The van der Waals surface area contributed by atoms with Crippen LogP contribution >= 0.6 is 16.5 Å². The fraction of sp³-hybridized carbons (Fsp3) is 1.00. The summed E-state index contributed by atoms with van der Waals surface area (Å²) >= 11 is 0.500. The molecule has 0 fully saturated rings. The Morgan fingerprint density at radius 3 is 1.71 bits per heavy atom.